The van der Waals surface area contributed by atoms with Crippen molar-refractivity contribution in [3.05, 3.63) is 42.5 Å². The first kappa shape index (κ1) is 28.5. The van der Waals surface area contributed by atoms with E-state index in [1.54, 1.807) is 20.8 Å². The van der Waals surface area contributed by atoms with Gasteiger partial charge in [-0.05, 0) is 44.9 Å². The van der Waals surface area contributed by atoms with E-state index >= 15 is 0 Å². The Labute approximate surface area is 200 Å². The van der Waals surface area contributed by atoms with Crippen molar-refractivity contribution in [3.63, 3.8) is 0 Å². The molecule has 1 aromatic rings. The SMILES string of the molecule is C=CCN(C(=O)C(CC(N)=O)NC(=O)OC(C)(C)C)C(C(=O)NCCCC)c1ccc(O)cc1. The number of carbonyl (C=O) groups is 4. The Kier molecular flexibility index (Phi) is 11.1. The number of rotatable bonds is 12. The fourth-order valence-corrected chi connectivity index (χ4v) is 3.13. The number of phenols is 1. The zero-order valence-electron chi connectivity index (χ0n) is 20.3. The Morgan fingerprint density at radius 1 is 1.21 bits per heavy atom. The van der Waals surface area contributed by atoms with Crippen LogP contribution in [-0.4, -0.2) is 58.6 Å². The highest BCUT2D eigenvalue weighted by atomic mass is 16.6. The molecule has 10 heteroatoms. The molecule has 1 rings (SSSR count). The first-order valence-electron chi connectivity index (χ1n) is 11.2. The number of alkyl carbamates (subject to hydrolysis) is 1. The van der Waals surface area contributed by atoms with E-state index in [1.807, 2.05) is 6.92 Å². The quantitative estimate of drug-likeness (QED) is 0.268. The molecule has 0 aliphatic rings. The first-order chi connectivity index (χ1) is 15.9. The van der Waals surface area contributed by atoms with E-state index in [9.17, 15) is 24.3 Å². The minimum Gasteiger partial charge on any atom is -0.508 e. The number of nitrogens with two attached hydrogens (primary N) is 1. The molecule has 0 heterocycles. The molecule has 2 unspecified atom stereocenters. The molecule has 0 saturated carbocycles. The summed E-state index contributed by atoms with van der Waals surface area (Å²) in [6.07, 6.45) is 1.64. The number of primary amides is 1. The summed E-state index contributed by atoms with van der Waals surface area (Å²) >= 11 is 0. The number of benzene rings is 1. The molecule has 0 saturated heterocycles. The van der Waals surface area contributed by atoms with Crippen molar-refractivity contribution >= 4 is 23.8 Å². The summed E-state index contributed by atoms with van der Waals surface area (Å²) in [6, 6.07) is 3.37. The molecule has 0 aromatic heterocycles. The molecule has 0 bridgehead atoms. The van der Waals surface area contributed by atoms with Gasteiger partial charge in [-0.15, -0.1) is 6.58 Å². The number of aromatic hydroxyl groups is 1. The van der Waals surface area contributed by atoms with Gasteiger partial charge >= 0.3 is 6.09 Å². The molecule has 4 amide bonds. The second-order valence-electron chi connectivity index (χ2n) is 8.79. The normalized spacial score (nSPS) is 12.7. The fourth-order valence-electron chi connectivity index (χ4n) is 3.13. The van der Waals surface area contributed by atoms with E-state index in [0.717, 1.165) is 12.8 Å². The molecule has 0 aliphatic carbocycles. The molecule has 34 heavy (non-hydrogen) atoms. The smallest absolute Gasteiger partial charge is 0.408 e. The Morgan fingerprint density at radius 2 is 1.82 bits per heavy atom. The molecule has 188 valence electrons. The molecule has 1 aromatic carbocycles. The van der Waals surface area contributed by atoms with Gasteiger partial charge in [0.2, 0.25) is 17.7 Å². The molecular formula is C24H36N4O6. The van der Waals surface area contributed by atoms with Crippen LogP contribution in [0, 0.1) is 0 Å². The maximum absolute atomic E-state index is 13.6. The Morgan fingerprint density at radius 3 is 2.32 bits per heavy atom. The number of phenolic OH excluding ortho intramolecular Hbond substituents is 1. The largest absolute Gasteiger partial charge is 0.508 e. The van der Waals surface area contributed by atoms with E-state index < -0.39 is 47.9 Å². The van der Waals surface area contributed by atoms with Crippen molar-refractivity contribution in [3.8, 4) is 5.75 Å². The van der Waals surface area contributed by atoms with Crippen LogP contribution in [0.3, 0.4) is 0 Å². The van der Waals surface area contributed by atoms with Gasteiger partial charge in [0.25, 0.3) is 0 Å². The third-order valence-corrected chi connectivity index (χ3v) is 4.60. The summed E-state index contributed by atoms with van der Waals surface area (Å²) < 4.78 is 5.21. The van der Waals surface area contributed by atoms with Crippen molar-refractivity contribution in [2.75, 3.05) is 13.1 Å². The average Bonchev–Trinajstić information content (AvgIpc) is 2.72. The van der Waals surface area contributed by atoms with Crippen molar-refractivity contribution in [1.29, 1.82) is 0 Å². The number of hydrogen-bond donors (Lipinski definition) is 4. The van der Waals surface area contributed by atoms with Crippen LogP contribution >= 0.6 is 0 Å². The average molecular weight is 477 g/mol. The van der Waals surface area contributed by atoms with E-state index in [-0.39, 0.29) is 12.3 Å². The number of carbonyl (C=O) groups excluding carboxylic acids is 4. The second kappa shape index (κ2) is 13.2. The van der Waals surface area contributed by atoms with E-state index in [1.165, 1.54) is 35.2 Å². The van der Waals surface area contributed by atoms with Crippen LogP contribution in [-0.2, 0) is 19.1 Å². The highest BCUT2D eigenvalue weighted by molar-refractivity contribution is 5.94. The van der Waals surface area contributed by atoms with Gasteiger partial charge in [0.15, 0.2) is 0 Å². The number of unbranched alkanes of at least 4 members (excludes halogenated alkanes) is 1. The van der Waals surface area contributed by atoms with E-state index in [0.29, 0.717) is 12.1 Å². The Bertz CT molecular complexity index is 863. The number of ether oxygens (including phenoxy) is 1. The lowest BCUT2D eigenvalue weighted by molar-refractivity contribution is -0.142. The van der Waals surface area contributed by atoms with Gasteiger partial charge < -0.3 is 31.1 Å². The van der Waals surface area contributed by atoms with Crippen molar-refractivity contribution in [2.45, 2.75) is 64.6 Å². The summed E-state index contributed by atoms with van der Waals surface area (Å²) in [6.45, 7) is 11.0. The van der Waals surface area contributed by atoms with Crippen LogP contribution in [0.4, 0.5) is 4.79 Å². The minimum atomic E-state index is -1.37. The van der Waals surface area contributed by atoms with E-state index in [2.05, 4.69) is 17.2 Å². The first-order valence-corrected chi connectivity index (χ1v) is 11.2. The molecule has 5 N–H and O–H groups in total. The lowest BCUT2D eigenvalue weighted by Crippen LogP contribution is -2.54. The predicted octanol–water partition coefficient (Wildman–Crippen LogP) is 2.13. The molecule has 0 fully saturated rings. The monoisotopic (exact) mass is 476 g/mol. The zero-order valence-corrected chi connectivity index (χ0v) is 20.3. The fraction of sp³-hybridized carbons (Fsp3) is 0.500. The van der Waals surface area contributed by atoms with E-state index in [4.69, 9.17) is 10.5 Å². The summed E-state index contributed by atoms with van der Waals surface area (Å²) in [5, 5.41) is 14.9. The predicted molar refractivity (Wildman–Crippen MR) is 128 cm³/mol. The van der Waals surface area contributed by atoms with Crippen LogP contribution < -0.4 is 16.4 Å². The highest BCUT2D eigenvalue weighted by Gasteiger charge is 2.36. The van der Waals surface area contributed by atoms with Crippen molar-refractivity contribution < 1.29 is 29.0 Å². The summed E-state index contributed by atoms with van der Waals surface area (Å²) in [5.41, 5.74) is 4.92. The molecule has 2 atom stereocenters. The Hall–Kier alpha value is -3.56. The van der Waals surface area contributed by atoms with Crippen molar-refractivity contribution in [2.24, 2.45) is 5.73 Å². The van der Waals surface area contributed by atoms with Crippen LogP contribution in [0.2, 0.25) is 0 Å². The van der Waals surface area contributed by atoms with Crippen LogP contribution in [0.1, 0.15) is 58.6 Å². The van der Waals surface area contributed by atoms with Crippen LogP contribution in [0.5, 0.6) is 5.75 Å². The number of hydrogen-bond acceptors (Lipinski definition) is 6. The van der Waals surface area contributed by atoms with Gasteiger partial charge in [0.1, 0.15) is 23.4 Å². The number of nitrogens with one attached hydrogen (secondary N) is 2. The summed E-state index contributed by atoms with van der Waals surface area (Å²) in [7, 11) is 0. The number of nitrogens with zero attached hydrogens (tertiary/aromatic N) is 1. The summed E-state index contributed by atoms with van der Waals surface area (Å²) in [4.78, 5) is 51.9. The van der Waals surface area contributed by atoms with Gasteiger partial charge in [-0.3, -0.25) is 14.4 Å². The Balaban J connectivity index is 3.37. The third-order valence-electron chi connectivity index (χ3n) is 4.60. The molecule has 0 spiro atoms. The lowest BCUT2D eigenvalue weighted by Gasteiger charge is -2.33. The summed E-state index contributed by atoms with van der Waals surface area (Å²) in [5.74, 6) is -1.99. The maximum Gasteiger partial charge on any atom is 0.408 e. The molecule has 10 nitrogen and oxygen atoms in total. The second-order valence-corrected chi connectivity index (χ2v) is 8.79. The van der Waals surface area contributed by atoms with Gasteiger partial charge in [-0.1, -0.05) is 31.6 Å². The van der Waals surface area contributed by atoms with Gasteiger partial charge in [-0.2, -0.15) is 0 Å². The highest BCUT2D eigenvalue weighted by Crippen LogP contribution is 2.25. The minimum absolute atomic E-state index is 0.00585. The van der Waals surface area contributed by atoms with Crippen molar-refractivity contribution in [1.82, 2.24) is 15.5 Å². The standard InChI is InChI=1S/C24H36N4O6/c1-6-8-13-26-21(31)20(16-9-11-17(29)12-10-16)28(14-7-2)22(32)18(15-19(25)30)27-23(33)34-24(3,4)5/h7,9-12,18,20,29H,2,6,8,13-15H2,1,3-5H3,(H2,25,30)(H,26,31)(H,27,33). The molecule has 0 radical (unpaired) electrons. The zero-order chi connectivity index (χ0) is 25.9. The van der Waals surface area contributed by atoms with Gasteiger partial charge in [-0.25, -0.2) is 4.79 Å². The van der Waals surface area contributed by atoms with Gasteiger partial charge in [0, 0.05) is 13.1 Å². The van der Waals surface area contributed by atoms with Crippen LogP contribution in [0.15, 0.2) is 36.9 Å². The topological polar surface area (TPSA) is 151 Å². The number of amides is 4. The van der Waals surface area contributed by atoms with Gasteiger partial charge in [0.05, 0.1) is 6.42 Å². The van der Waals surface area contributed by atoms with Crippen LogP contribution in [0.25, 0.3) is 0 Å². The maximum atomic E-state index is 13.6. The lowest BCUT2D eigenvalue weighted by atomic mass is 10.0. The molecular weight excluding hydrogens is 440 g/mol. The third kappa shape index (κ3) is 9.51. The molecule has 0 aliphatic heterocycles.